The molecule has 0 bridgehead atoms. The average molecular weight is 451 g/mol. The molecule has 160 valence electrons. The number of methoxy groups -OCH3 is 1. The van der Waals surface area contributed by atoms with Crippen LogP contribution in [0.4, 0.5) is 10.1 Å². The first-order valence-electron chi connectivity index (χ1n) is 9.07. The summed E-state index contributed by atoms with van der Waals surface area (Å²) in [5.74, 6) is -0.707. The molecule has 0 fully saturated rings. The SMILES string of the molecule is COc1ncc(-c2cn3c(=O)ccnc3cc2F)cc1NS(=O)(=O)c1ccc(C#N)cc1. The summed E-state index contributed by atoms with van der Waals surface area (Å²) in [6.45, 7) is 0. The first-order chi connectivity index (χ1) is 15.3. The topological polar surface area (TPSA) is 126 Å². The van der Waals surface area contributed by atoms with Crippen molar-refractivity contribution < 1.29 is 17.5 Å². The zero-order valence-electron chi connectivity index (χ0n) is 16.5. The fourth-order valence-corrected chi connectivity index (χ4v) is 4.06. The third kappa shape index (κ3) is 3.86. The molecule has 0 saturated heterocycles. The van der Waals surface area contributed by atoms with E-state index in [1.165, 1.54) is 66.5 Å². The maximum Gasteiger partial charge on any atom is 0.262 e. The fourth-order valence-electron chi connectivity index (χ4n) is 3.01. The van der Waals surface area contributed by atoms with Crippen LogP contribution in [0.3, 0.4) is 0 Å². The minimum atomic E-state index is -4.06. The van der Waals surface area contributed by atoms with E-state index in [0.29, 0.717) is 5.56 Å². The summed E-state index contributed by atoms with van der Waals surface area (Å²) in [4.78, 5) is 20.0. The first-order valence-corrected chi connectivity index (χ1v) is 10.5. The summed E-state index contributed by atoms with van der Waals surface area (Å²) < 4.78 is 49.0. The van der Waals surface area contributed by atoms with Crippen LogP contribution in [0.15, 0.2) is 70.7 Å². The van der Waals surface area contributed by atoms with Crippen molar-refractivity contribution in [2.24, 2.45) is 0 Å². The highest BCUT2D eigenvalue weighted by Crippen LogP contribution is 2.31. The summed E-state index contributed by atoms with van der Waals surface area (Å²) in [6.07, 6.45) is 3.84. The minimum absolute atomic E-state index is 0.0153. The van der Waals surface area contributed by atoms with Crippen LogP contribution in [0.5, 0.6) is 5.88 Å². The van der Waals surface area contributed by atoms with Crippen LogP contribution >= 0.6 is 0 Å². The van der Waals surface area contributed by atoms with E-state index in [4.69, 9.17) is 10.00 Å². The van der Waals surface area contributed by atoms with Crippen molar-refractivity contribution in [3.8, 4) is 23.1 Å². The normalized spacial score (nSPS) is 11.2. The lowest BCUT2D eigenvalue weighted by Gasteiger charge is -2.13. The third-order valence-electron chi connectivity index (χ3n) is 4.57. The predicted octanol–water partition coefficient (Wildman–Crippen LogP) is 2.58. The number of hydrogen-bond acceptors (Lipinski definition) is 7. The molecule has 0 spiro atoms. The lowest BCUT2D eigenvalue weighted by Crippen LogP contribution is -2.15. The van der Waals surface area contributed by atoms with Gasteiger partial charge in [-0.2, -0.15) is 5.26 Å². The van der Waals surface area contributed by atoms with E-state index in [1.807, 2.05) is 6.07 Å². The second-order valence-corrected chi connectivity index (χ2v) is 8.25. The number of rotatable bonds is 5. The number of anilines is 1. The molecule has 0 aliphatic rings. The van der Waals surface area contributed by atoms with E-state index in [0.717, 1.165) is 6.07 Å². The largest absolute Gasteiger partial charge is 0.480 e. The smallest absolute Gasteiger partial charge is 0.262 e. The molecule has 0 unspecified atom stereocenters. The highest BCUT2D eigenvalue weighted by atomic mass is 32.2. The molecule has 4 rings (SSSR count). The van der Waals surface area contributed by atoms with E-state index < -0.39 is 21.4 Å². The summed E-state index contributed by atoms with van der Waals surface area (Å²) in [7, 11) is -2.75. The summed E-state index contributed by atoms with van der Waals surface area (Å²) in [6, 6.07) is 10.9. The first kappa shape index (κ1) is 21.0. The number of fused-ring (bicyclic) bond motifs is 1. The molecule has 11 heteroatoms. The van der Waals surface area contributed by atoms with E-state index in [9.17, 15) is 17.6 Å². The zero-order chi connectivity index (χ0) is 22.9. The summed E-state index contributed by atoms with van der Waals surface area (Å²) >= 11 is 0. The average Bonchev–Trinajstić information content (AvgIpc) is 2.78. The van der Waals surface area contributed by atoms with E-state index in [-0.39, 0.29) is 33.2 Å². The van der Waals surface area contributed by atoms with Gasteiger partial charge in [0, 0.05) is 41.9 Å². The van der Waals surface area contributed by atoms with Crippen LogP contribution in [-0.2, 0) is 10.0 Å². The van der Waals surface area contributed by atoms with Crippen LogP contribution in [0, 0.1) is 17.1 Å². The molecule has 0 amide bonds. The Morgan fingerprint density at radius 3 is 2.59 bits per heavy atom. The molecular formula is C21H14FN5O4S. The maximum atomic E-state index is 14.7. The molecule has 0 atom stereocenters. The van der Waals surface area contributed by atoms with Crippen molar-refractivity contribution in [1.82, 2.24) is 14.4 Å². The maximum absolute atomic E-state index is 14.7. The molecule has 32 heavy (non-hydrogen) atoms. The van der Waals surface area contributed by atoms with Gasteiger partial charge in [0.25, 0.3) is 15.6 Å². The van der Waals surface area contributed by atoms with Crippen molar-refractivity contribution in [2.45, 2.75) is 4.90 Å². The molecule has 0 saturated carbocycles. The molecule has 1 N–H and O–H groups in total. The van der Waals surface area contributed by atoms with E-state index >= 15 is 0 Å². The van der Waals surface area contributed by atoms with Gasteiger partial charge in [0.1, 0.15) is 17.2 Å². The number of benzene rings is 1. The van der Waals surface area contributed by atoms with Crippen LogP contribution in [0.25, 0.3) is 16.8 Å². The number of nitrogens with zero attached hydrogens (tertiary/aromatic N) is 4. The van der Waals surface area contributed by atoms with Gasteiger partial charge in [0.05, 0.1) is 23.6 Å². The summed E-state index contributed by atoms with van der Waals surface area (Å²) in [5, 5.41) is 8.88. The molecule has 0 aliphatic heterocycles. The number of aromatic nitrogens is 3. The second kappa shape index (κ2) is 8.09. The van der Waals surface area contributed by atoms with Crippen molar-refractivity contribution in [3.05, 3.63) is 82.8 Å². The highest BCUT2D eigenvalue weighted by Gasteiger charge is 2.19. The number of pyridine rings is 2. The molecule has 3 aromatic heterocycles. The molecule has 3 heterocycles. The van der Waals surface area contributed by atoms with Crippen molar-refractivity contribution >= 4 is 21.4 Å². The van der Waals surface area contributed by atoms with Crippen molar-refractivity contribution in [1.29, 1.82) is 5.26 Å². The van der Waals surface area contributed by atoms with Gasteiger partial charge in [0.15, 0.2) is 0 Å². The number of sulfonamides is 1. The van der Waals surface area contributed by atoms with Crippen LogP contribution < -0.4 is 15.0 Å². The number of nitrogens with one attached hydrogen (secondary N) is 1. The zero-order valence-corrected chi connectivity index (χ0v) is 17.3. The summed E-state index contributed by atoms with van der Waals surface area (Å²) in [5.41, 5.74) is 0.218. The van der Waals surface area contributed by atoms with Gasteiger partial charge in [-0.25, -0.2) is 22.8 Å². The third-order valence-corrected chi connectivity index (χ3v) is 5.95. The lowest BCUT2D eigenvalue weighted by atomic mass is 10.1. The van der Waals surface area contributed by atoms with Crippen molar-refractivity contribution in [2.75, 3.05) is 11.8 Å². The molecule has 4 aromatic rings. The van der Waals surface area contributed by atoms with Crippen LogP contribution in [0.1, 0.15) is 5.56 Å². The number of ether oxygens (including phenoxy) is 1. The quantitative estimate of drug-likeness (QED) is 0.494. The van der Waals surface area contributed by atoms with Crippen molar-refractivity contribution in [3.63, 3.8) is 0 Å². The standard InChI is InChI=1S/C21H14FN5O4S/c1-31-21-18(26-32(29,30)15-4-2-13(10-23)3-5-15)8-14(11-25-21)16-12-27-19(9-17(16)22)24-7-6-20(27)28/h2-9,11-12,26H,1H3. The Morgan fingerprint density at radius 2 is 1.91 bits per heavy atom. The number of hydrogen-bond donors (Lipinski definition) is 1. The number of halogens is 1. The molecule has 1 aromatic carbocycles. The van der Waals surface area contributed by atoms with Gasteiger partial charge in [0.2, 0.25) is 5.88 Å². The Morgan fingerprint density at radius 1 is 1.16 bits per heavy atom. The van der Waals surface area contributed by atoms with Crippen LogP contribution in [-0.4, -0.2) is 29.9 Å². The molecule has 0 radical (unpaired) electrons. The Labute approximate surface area is 181 Å². The lowest BCUT2D eigenvalue weighted by molar-refractivity contribution is 0.400. The van der Waals surface area contributed by atoms with Gasteiger partial charge in [-0.15, -0.1) is 0 Å². The highest BCUT2D eigenvalue weighted by molar-refractivity contribution is 7.92. The molecular weight excluding hydrogens is 437 g/mol. The predicted molar refractivity (Wildman–Crippen MR) is 113 cm³/mol. The van der Waals surface area contributed by atoms with E-state index in [1.54, 1.807) is 0 Å². The monoisotopic (exact) mass is 451 g/mol. The van der Waals surface area contributed by atoms with Crippen LogP contribution in [0.2, 0.25) is 0 Å². The Balaban J connectivity index is 1.79. The Kier molecular flexibility index (Phi) is 5.29. The second-order valence-electron chi connectivity index (χ2n) is 6.57. The molecule has 9 nitrogen and oxygen atoms in total. The van der Waals surface area contributed by atoms with Gasteiger partial charge < -0.3 is 4.74 Å². The Bertz CT molecular complexity index is 1540. The minimum Gasteiger partial charge on any atom is -0.480 e. The number of nitriles is 1. The van der Waals surface area contributed by atoms with Gasteiger partial charge >= 0.3 is 0 Å². The van der Waals surface area contributed by atoms with E-state index in [2.05, 4.69) is 14.7 Å². The van der Waals surface area contributed by atoms with Gasteiger partial charge in [-0.3, -0.25) is 13.9 Å². The van der Waals surface area contributed by atoms with Gasteiger partial charge in [-0.05, 0) is 30.3 Å². The molecule has 0 aliphatic carbocycles. The van der Waals surface area contributed by atoms with Gasteiger partial charge in [-0.1, -0.05) is 0 Å². The Hall–Kier alpha value is -4.30. The fraction of sp³-hybridized carbons (Fsp3) is 0.0476.